The molecule has 1 amide bonds. The van der Waals surface area contributed by atoms with Crippen LogP contribution in [0.2, 0.25) is 0 Å². The van der Waals surface area contributed by atoms with Gasteiger partial charge in [-0.3, -0.25) is 4.79 Å². The fourth-order valence-electron chi connectivity index (χ4n) is 1.73. The Balaban J connectivity index is 2.17. The number of ether oxygens (including phenoxy) is 1. The molecule has 0 saturated heterocycles. The van der Waals surface area contributed by atoms with Crippen molar-refractivity contribution in [3.8, 4) is 11.8 Å². The van der Waals surface area contributed by atoms with Gasteiger partial charge in [0.25, 0.3) is 5.91 Å². The second-order valence-electron chi connectivity index (χ2n) is 4.33. The maximum Gasteiger partial charge on any atom is 0.447 e. The highest BCUT2D eigenvalue weighted by Crippen LogP contribution is 2.37. The van der Waals surface area contributed by atoms with Gasteiger partial charge in [-0.05, 0) is 24.3 Å². The van der Waals surface area contributed by atoms with Crippen molar-refractivity contribution in [1.29, 1.82) is 5.26 Å². The molecule has 1 heterocycles. The summed E-state index contributed by atoms with van der Waals surface area (Å²) >= 11 is -0.452. The molecule has 1 aromatic heterocycles. The number of hydrogen-bond donors (Lipinski definition) is 1. The van der Waals surface area contributed by atoms with E-state index in [9.17, 15) is 18.0 Å². The lowest BCUT2D eigenvalue weighted by Gasteiger charge is -2.11. The summed E-state index contributed by atoms with van der Waals surface area (Å²) in [5.41, 5.74) is -4.42. The number of thioether (sulfide) groups is 1. The minimum Gasteiger partial charge on any atom is -0.479 e. The van der Waals surface area contributed by atoms with Gasteiger partial charge in [0.15, 0.2) is 6.61 Å². The number of alkyl halides is 3. The van der Waals surface area contributed by atoms with Crippen molar-refractivity contribution < 1.29 is 22.7 Å². The highest BCUT2D eigenvalue weighted by atomic mass is 32.2. The number of nitrogens with zero attached hydrogens (tertiary/aromatic N) is 2. The molecule has 0 spiro atoms. The topological polar surface area (TPSA) is 75.0 Å². The van der Waals surface area contributed by atoms with Gasteiger partial charge in [-0.2, -0.15) is 18.4 Å². The van der Waals surface area contributed by atoms with Crippen LogP contribution >= 0.6 is 11.8 Å². The Morgan fingerprint density at radius 1 is 1.33 bits per heavy atom. The second kappa shape index (κ2) is 7.70. The third-order valence-electron chi connectivity index (χ3n) is 2.62. The molecule has 0 atom stereocenters. The summed E-state index contributed by atoms with van der Waals surface area (Å²) in [4.78, 5) is 15.8. The Morgan fingerprint density at radius 3 is 2.83 bits per heavy atom. The molecule has 2 aromatic rings. The molecule has 0 bridgehead atoms. The summed E-state index contributed by atoms with van der Waals surface area (Å²) in [5, 5.41) is 10.5. The van der Waals surface area contributed by atoms with Gasteiger partial charge in [0.2, 0.25) is 0 Å². The third kappa shape index (κ3) is 5.17. The van der Waals surface area contributed by atoms with Crippen LogP contribution in [0.15, 0.2) is 47.6 Å². The van der Waals surface area contributed by atoms with E-state index in [1.807, 2.05) is 0 Å². The molecule has 0 aliphatic carbocycles. The van der Waals surface area contributed by atoms with Crippen molar-refractivity contribution in [3.05, 3.63) is 48.2 Å². The normalized spacial score (nSPS) is 10.8. The predicted octanol–water partition coefficient (Wildman–Crippen LogP) is 3.85. The first-order chi connectivity index (χ1) is 11.4. The number of rotatable bonds is 5. The van der Waals surface area contributed by atoms with E-state index in [0.717, 1.165) is 0 Å². The number of carbonyl (C=O) groups excluding carboxylic acids is 1. The highest BCUT2D eigenvalue weighted by Gasteiger charge is 2.32. The van der Waals surface area contributed by atoms with Crippen LogP contribution in [0, 0.1) is 11.3 Å². The Bertz CT molecular complexity index is 775. The van der Waals surface area contributed by atoms with Crippen LogP contribution in [0.5, 0.6) is 5.75 Å². The standard InChI is InChI=1S/C15H10F3N3O2S/c16-15(17,18)24-14-12(5-2-7-20-14)13(22)21-10-3-1-4-11(9-10)23-8-6-19/h1-5,7,9H,8H2,(H,21,22). The number of halogens is 3. The predicted molar refractivity (Wildman–Crippen MR) is 81.7 cm³/mol. The summed E-state index contributed by atoms with van der Waals surface area (Å²) in [6.45, 7) is -0.160. The van der Waals surface area contributed by atoms with Crippen LogP contribution in [0.4, 0.5) is 18.9 Å². The molecule has 24 heavy (non-hydrogen) atoms. The number of nitriles is 1. The average molecular weight is 353 g/mol. The maximum absolute atomic E-state index is 12.5. The minimum absolute atomic E-state index is 0.160. The number of carbonyl (C=O) groups is 1. The van der Waals surface area contributed by atoms with Crippen LogP contribution in [0.1, 0.15) is 10.4 Å². The zero-order valence-corrected chi connectivity index (χ0v) is 12.8. The molecule has 124 valence electrons. The van der Waals surface area contributed by atoms with Crippen molar-refractivity contribution in [2.24, 2.45) is 0 Å². The zero-order valence-electron chi connectivity index (χ0n) is 12.0. The van der Waals surface area contributed by atoms with Gasteiger partial charge in [-0.15, -0.1) is 0 Å². The lowest BCUT2D eigenvalue weighted by Crippen LogP contribution is -2.15. The molecule has 0 unspecified atom stereocenters. The van der Waals surface area contributed by atoms with Gasteiger partial charge in [-0.1, -0.05) is 6.07 Å². The van der Waals surface area contributed by atoms with E-state index in [-0.39, 0.29) is 12.2 Å². The Hall–Kier alpha value is -2.73. The summed E-state index contributed by atoms with van der Waals surface area (Å²) in [5.74, 6) is -0.377. The number of anilines is 1. The van der Waals surface area contributed by atoms with Crippen LogP contribution in [-0.4, -0.2) is 23.0 Å². The third-order valence-corrected chi connectivity index (χ3v) is 3.37. The van der Waals surface area contributed by atoms with Crippen molar-refractivity contribution in [2.45, 2.75) is 10.5 Å². The molecule has 0 fully saturated rings. The van der Waals surface area contributed by atoms with Gasteiger partial charge in [0.05, 0.1) is 5.56 Å². The van der Waals surface area contributed by atoms with Crippen LogP contribution < -0.4 is 10.1 Å². The molecule has 2 rings (SSSR count). The smallest absolute Gasteiger partial charge is 0.447 e. The number of amides is 1. The van der Waals surface area contributed by atoms with E-state index >= 15 is 0 Å². The van der Waals surface area contributed by atoms with Crippen LogP contribution in [-0.2, 0) is 0 Å². The first-order valence-corrected chi connectivity index (χ1v) is 7.32. The zero-order chi connectivity index (χ0) is 17.6. The summed E-state index contributed by atoms with van der Waals surface area (Å²) in [7, 11) is 0. The lowest BCUT2D eigenvalue weighted by molar-refractivity contribution is -0.0329. The first kappa shape index (κ1) is 17.6. The molecular weight excluding hydrogens is 343 g/mol. The van der Waals surface area contributed by atoms with Crippen molar-refractivity contribution in [1.82, 2.24) is 4.98 Å². The molecule has 9 heteroatoms. The first-order valence-electron chi connectivity index (χ1n) is 6.51. The van der Waals surface area contributed by atoms with Crippen molar-refractivity contribution in [2.75, 3.05) is 11.9 Å². The Morgan fingerprint density at radius 2 is 2.12 bits per heavy atom. The van der Waals surface area contributed by atoms with Gasteiger partial charge in [0.1, 0.15) is 16.8 Å². The fourth-order valence-corrected chi connectivity index (χ4v) is 2.34. The number of pyridine rings is 1. The fraction of sp³-hybridized carbons (Fsp3) is 0.133. The molecule has 0 aliphatic heterocycles. The Kier molecular flexibility index (Phi) is 5.65. The average Bonchev–Trinajstić information content (AvgIpc) is 2.52. The van der Waals surface area contributed by atoms with Crippen LogP contribution in [0.25, 0.3) is 0 Å². The minimum atomic E-state index is -4.55. The largest absolute Gasteiger partial charge is 0.479 e. The van der Waals surface area contributed by atoms with Gasteiger partial charge in [-0.25, -0.2) is 4.98 Å². The SMILES string of the molecule is N#CCOc1cccc(NC(=O)c2cccnc2SC(F)(F)F)c1. The van der Waals surface area contributed by atoms with Gasteiger partial charge >= 0.3 is 5.51 Å². The van der Waals surface area contributed by atoms with Gasteiger partial charge < -0.3 is 10.1 Å². The monoisotopic (exact) mass is 353 g/mol. The number of benzene rings is 1. The summed E-state index contributed by atoms with van der Waals surface area (Å²) in [6, 6.07) is 10.6. The molecule has 1 aromatic carbocycles. The quantitative estimate of drug-likeness (QED) is 0.827. The van der Waals surface area contributed by atoms with Gasteiger partial charge in [0, 0.05) is 29.7 Å². The number of hydrogen-bond acceptors (Lipinski definition) is 5. The summed E-state index contributed by atoms with van der Waals surface area (Å²) in [6.07, 6.45) is 1.18. The number of nitrogens with one attached hydrogen (secondary N) is 1. The van der Waals surface area contributed by atoms with Crippen LogP contribution in [0.3, 0.4) is 0 Å². The van der Waals surface area contributed by atoms with E-state index < -0.39 is 28.2 Å². The van der Waals surface area contributed by atoms with E-state index in [0.29, 0.717) is 11.4 Å². The maximum atomic E-state index is 12.5. The van der Waals surface area contributed by atoms with E-state index in [1.165, 1.54) is 24.4 Å². The second-order valence-corrected chi connectivity index (χ2v) is 5.39. The van der Waals surface area contributed by atoms with Crippen molar-refractivity contribution >= 4 is 23.4 Å². The molecule has 0 radical (unpaired) electrons. The number of aromatic nitrogens is 1. The van der Waals surface area contributed by atoms with Crippen molar-refractivity contribution in [3.63, 3.8) is 0 Å². The molecule has 0 aliphatic rings. The molecule has 0 saturated carbocycles. The molecule has 5 nitrogen and oxygen atoms in total. The van der Waals surface area contributed by atoms with E-state index in [2.05, 4.69) is 10.3 Å². The lowest BCUT2D eigenvalue weighted by atomic mass is 10.2. The highest BCUT2D eigenvalue weighted by molar-refractivity contribution is 8.00. The molecule has 1 N–H and O–H groups in total. The van der Waals surface area contributed by atoms with E-state index in [1.54, 1.807) is 24.3 Å². The Labute approximate surface area is 139 Å². The van der Waals surface area contributed by atoms with E-state index in [4.69, 9.17) is 10.00 Å². The molecular formula is C15H10F3N3O2S. The summed E-state index contributed by atoms with van der Waals surface area (Å²) < 4.78 is 42.7.